The van der Waals surface area contributed by atoms with Crippen LogP contribution in [0.5, 0.6) is 5.75 Å². The Balaban J connectivity index is 1.92. The average molecular weight is 540 g/mol. The summed E-state index contributed by atoms with van der Waals surface area (Å²) in [5.41, 5.74) is -0.0214. The molecular weight excluding hydrogens is 490 g/mol. The van der Waals surface area contributed by atoms with Crippen molar-refractivity contribution in [2.45, 2.75) is 91.4 Å². The lowest BCUT2D eigenvalue weighted by Gasteiger charge is -2.19. The number of hydrogen-bond donors (Lipinski definition) is 1. The van der Waals surface area contributed by atoms with Crippen molar-refractivity contribution in [2.24, 2.45) is 0 Å². The molecule has 1 rings (SSSR count). The summed E-state index contributed by atoms with van der Waals surface area (Å²) in [4.78, 5) is 23.4. The molecule has 0 aliphatic heterocycles. The number of carbonyl (C=O) groups excluding carboxylic acids is 2. The van der Waals surface area contributed by atoms with Gasteiger partial charge in [0.15, 0.2) is 0 Å². The van der Waals surface area contributed by atoms with Crippen molar-refractivity contribution in [1.29, 1.82) is 0 Å². The van der Waals surface area contributed by atoms with Gasteiger partial charge in [-0.05, 0) is 78.5 Å². The molecule has 1 aromatic rings. The number of carbonyl (C=O) groups is 2. The van der Waals surface area contributed by atoms with E-state index in [4.69, 9.17) is 28.4 Å². The Labute approximate surface area is 228 Å². The summed E-state index contributed by atoms with van der Waals surface area (Å²) in [5.74, 6) is 0.543. The minimum atomic E-state index is -0.515. The van der Waals surface area contributed by atoms with E-state index in [0.717, 1.165) is 37.0 Å². The number of rotatable bonds is 19. The highest BCUT2D eigenvalue weighted by Crippen LogP contribution is 2.15. The van der Waals surface area contributed by atoms with Crippen LogP contribution in [-0.2, 0) is 35.0 Å². The van der Waals surface area contributed by atoms with E-state index in [1.54, 1.807) is 0 Å². The topological polar surface area (TPSA) is 102 Å². The van der Waals surface area contributed by atoms with Crippen molar-refractivity contribution in [3.05, 3.63) is 29.8 Å². The predicted molar refractivity (Wildman–Crippen MR) is 146 cm³/mol. The maximum atomic E-state index is 11.8. The molecule has 9 heteroatoms. The lowest BCUT2D eigenvalue weighted by Crippen LogP contribution is -2.32. The number of amides is 1. The molecule has 0 heterocycles. The fourth-order valence-corrected chi connectivity index (χ4v) is 3.17. The zero-order valence-electron chi connectivity index (χ0n) is 24.3. The van der Waals surface area contributed by atoms with E-state index >= 15 is 0 Å². The van der Waals surface area contributed by atoms with Gasteiger partial charge in [0.2, 0.25) is 0 Å². The first-order valence-electron chi connectivity index (χ1n) is 13.6. The van der Waals surface area contributed by atoms with Gasteiger partial charge < -0.3 is 33.7 Å². The van der Waals surface area contributed by atoms with Gasteiger partial charge in [-0.1, -0.05) is 18.6 Å². The Kier molecular flexibility index (Phi) is 16.7. The summed E-state index contributed by atoms with van der Waals surface area (Å²) in [6.45, 7) is 15.1. The van der Waals surface area contributed by atoms with Crippen LogP contribution in [-0.4, -0.2) is 69.5 Å². The maximum Gasteiger partial charge on any atom is 0.407 e. The molecule has 1 amide bonds. The molecule has 38 heavy (non-hydrogen) atoms. The van der Waals surface area contributed by atoms with Crippen molar-refractivity contribution >= 4 is 12.1 Å². The Morgan fingerprint density at radius 2 is 1.29 bits per heavy atom. The smallest absolute Gasteiger partial charge is 0.407 e. The molecule has 0 aliphatic carbocycles. The van der Waals surface area contributed by atoms with E-state index in [1.165, 1.54) is 0 Å². The molecule has 218 valence electrons. The zero-order valence-corrected chi connectivity index (χ0v) is 24.3. The van der Waals surface area contributed by atoms with Crippen LogP contribution >= 0.6 is 0 Å². The lowest BCUT2D eigenvalue weighted by molar-refractivity contribution is -0.156. The molecule has 1 N–H and O–H groups in total. The minimum Gasteiger partial charge on any atom is -0.494 e. The second-order valence-corrected chi connectivity index (χ2v) is 10.9. The van der Waals surface area contributed by atoms with Gasteiger partial charge in [-0.15, -0.1) is 0 Å². The van der Waals surface area contributed by atoms with Crippen molar-refractivity contribution in [2.75, 3.05) is 46.2 Å². The van der Waals surface area contributed by atoms with Crippen molar-refractivity contribution < 1.29 is 38.0 Å². The molecule has 1 aromatic carbocycles. The Morgan fingerprint density at radius 1 is 0.711 bits per heavy atom. The van der Waals surface area contributed by atoms with Gasteiger partial charge >= 0.3 is 12.1 Å². The van der Waals surface area contributed by atoms with Gasteiger partial charge in [-0.25, -0.2) is 4.79 Å². The van der Waals surface area contributed by atoms with E-state index in [1.807, 2.05) is 65.8 Å². The number of ether oxygens (including phenoxy) is 6. The summed E-state index contributed by atoms with van der Waals surface area (Å²) >= 11 is 0. The molecule has 0 radical (unpaired) electrons. The van der Waals surface area contributed by atoms with E-state index in [2.05, 4.69) is 5.32 Å². The molecular formula is C29H49NO8. The van der Waals surface area contributed by atoms with Crippen LogP contribution in [0.3, 0.4) is 0 Å². The van der Waals surface area contributed by atoms with Crippen LogP contribution in [0.15, 0.2) is 24.3 Å². The van der Waals surface area contributed by atoms with Crippen LogP contribution in [0, 0.1) is 0 Å². The summed E-state index contributed by atoms with van der Waals surface area (Å²) in [7, 11) is 0. The molecule has 0 aromatic heterocycles. The second-order valence-electron chi connectivity index (χ2n) is 10.9. The number of esters is 1. The predicted octanol–water partition coefficient (Wildman–Crippen LogP) is 5.43. The SMILES string of the molecule is CC(C)(C)OC(=O)CCOCCOCCOCCCCCCOc1cccc(CNC(=O)OC(C)(C)C)c1. The first-order valence-corrected chi connectivity index (χ1v) is 13.6. The van der Waals surface area contributed by atoms with Crippen molar-refractivity contribution in [3.63, 3.8) is 0 Å². The van der Waals surface area contributed by atoms with Crippen LogP contribution < -0.4 is 10.1 Å². The highest BCUT2D eigenvalue weighted by Gasteiger charge is 2.16. The fourth-order valence-electron chi connectivity index (χ4n) is 3.17. The van der Waals surface area contributed by atoms with E-state index < -0.39 is 17.3 Å². The molecule has 0 saturated carbocycles. The molecule has 0 atom stereocenters. The fraction of sp³-hybridized carbons (Fsp3) is 0.724. The summed E-state index contributed by atoms with van der Waals surface area (Å²) in [5, 5.41) is 2.76. The zero-order chi connectivity index (χ0) is 28.3. The largest absolute Gasteiger partial charge is 0.494 e. The van der Waals surface area contributed by atoms with Gasteiger partial charge in [0.1, 0.15) is 17.0 Å². The average Bonchev–Trinajstić information content (AvgIpc) is 2.80. The van der Waals surface area contributed by atoms with Crippen LogP contribution in [0.4, 0.5) is 4.79 Å². The summed E-state index contributed by atoms with van der Waals surface area (Å²) in [6.07, 6.45) is 3.93. The molecule has 0 fully saturated rings. The third-order valence-corrected chi connectivity index (χ3v) is 4.80. The van der Waals surface area contributed by atoms with Crippen molar-refractivity contribution in [3.8, 4) is 5.75 Å². The second kappa shape index (κ2) is 18.8. The number of hydrogen-bond acceptors (Lipinski definition) is 8. The summed E-state index contributed by atoms with van der Waals surface area (Å²) < 4.78 is 32.8. The van der Waals surface area contributed by atoms with E-state index in [0.29, 0.717) is 52.8 Å². The van der Waals surface area contributed by atoms with Crippen LogP contribution in [0.2, 0.25) is 0 Å². The summed E-state index contributed by atoms with van der Waals surface area (Å²) in [6, 6.07) is 7.72. The van der Waals surface area contributed by atoms with Gasteiger partial charge in [0.25, 0.3) is 0 Å². The Bertz CT molecular complexity index is 786. The third-order valence-electron chi connectivity index (χ3n) is 4.80. The molecule has 9 nitrogen and oxygen atoms in total. The molecule has 0 spiro atoms. The normalized spacial score (nSPS) is 11.7. The molecule has 0 aliphatic rings. The highest BCUT2D eigenvalue weighted by atomic mass is 16.6. The van der Waals surface area contributed by atoms with Gasteiger partial charge in [-0.3, -0.25) is 4.79 Å². The van der Waals surface area contributed by atoms with Crippen LogP contribution in [0.25, 0.3) is 0 Å². The Hall–Kier alpha value is -2.36. The van der Waals surface area contributed by atoms with E-state index in [-0.39, 0.29) is 12.4 Å². The van der Waals surface area contributed by atoms with Gasteiger partial charge in [0.05, 0.1) is 46.1 Å². The number of nitrogens with one attached hydrogen (secondary N) is 1. The first-order chi connectivity index (χ1) is 17.9. The molecule has 0 unspecified atom stereocenters. The lowest BCUT2D eigenvalue weighted by atomic mass is 10.2. The van der Waals surface area contributed by atoms with Gasteiger partial charge in [-0.2, -0.15) is 0 Å². The van der Waals surface area contributed by atoms with Gasteiger partial charge in [0, 0.05) is 13.2 Å². The highest BCUT2D eigenvalue weighted by molar-refractivity contribution is 5.69. The first kappa shape index (κ1) is 33.7. The monoisotopic (exact) mass is 539 g/mol. The number of alkyl carbamates (subject to hydrolysis) is 1. The molecule has 0 bridgehead atoms. The van der Waals surface area contributed by atoms with E-state index in [9.17, 15) is 9.59 Å². The minimum absolute atomic E-state index is 0.245. The third kappa shape index (κ3) is 20.7. The standard InChI is InChI=1S/C29H49NO8/c1-28(2,3)37-26(31)14-17-34-19-21-35-20-18-33-15-9-7-8-10-16-36-25-13-11-12-24(22-25)23-30-27(32)38-29(4,5)6/h11-13,22H,7-10,14-21,23H2,1-6H3,(H,30,32). The quantitative estimate of drug-likeness (QED) is 0.183. The van der Waals surface area contributed by atoms with Crippen molar-refractivity contribution in [1.82, 2.24) is 5.32 Å². The van der Waals surface area contributed by atoms with Crippen LogP contribution in [0.1, 0.15) is 79.2 Å². The molecule has 0 saturated heterocycles. The Morgan fingerprint density at radius 3 is 1.92 bits per heavy atom. The maximum absolute atomic E-state index is 11.8. The number of unbranched alkanes of at least 4 members (excludes halogenated alkanes) is 3. The number of benzene rings is 1.